The molecule has 0 fully saturated rings. The third-order valence-electron chi connectivity index (χ3n) is 3.17. The molecule has 1 aromatic heterocycles. The van der Waals surface area contributed by atoms with Gasteiger partial charge in [0, 0.05) is 31.5 Å². The predicted molar refractivity (Wildman–Crippen MR) is 80.9 cm³/mol. The summed E-state index contributed by atoms with van der Waals surface area (Å²) in [6.07, 6.45) is 2.91. The first kappa shape index (κ1) is 14.4. The van der Waals surface area contributed by atoms with E-state index in [2.05, 4.69) is 16.1 Å². The number of aryl methyl sites for hydroxylation is 1. The van der Waals surface area contributed by atoms with Gasteiger partial charge in [-0.2, -0.15) is 5.10 Å². The van der Waals surface area contributed by atoms with Crippen LogP contribution in [-0.2, 0) is 13.6 Å². The first-order chi connectivity index (χ1) is 9.72. The summed E-state index contributed by atoms with van der Waals surface area (Å²) in [7, 11) is 3.61. The van der Waals surface area contributed by atoms with Crippen LogP contribution < -0.4 is 15.4 Å². The van der Waals surface area contributed by atoms with Crippen LogP contribution in [-0.4, -0.2) is 30.0 Å². The lowest BCUT2D eigenvalue weighted by Crippen LogP contribution is -2.26. The second kappa shape index (κ2) is 6.96. The summed E-state index contributed by atoms with van der Waals surface area (Å²) < 4.78 is 7.11. The monoisotopic (exact) mass is 274 g/mol. The lowest BCUT2D eigenvalue weighted by Gasteiger charge is -2.24. The number of benzene rings is 1. The highest BCUT2D eigenvalue weighted by Gasteiger charge is 2.09. The van der Waals surface area contributed by atoms with Crippen molar-refractivity contribution in [2.75, 3.05) is 25.1 Å². The second-order valence-electron chi connectivity index (χ2n) is 4.75. The summed E-state index contributed by atoms with van der Waals surface area (Å²) in [5.41, 5.74) is 7.81. The quantitative estimate of drug-likeness (QED) is 0.836. The van der Waals surface area contributed by atoms with Crippen molar-refractivity contribution < 1.29 is 4.74 Å². The molecule has 0 radical (unpaired) electrons. The molecule has 0 aliphatic heterocycles. The van der Waals surface area contributed by atoms with Gasteiger partial charge in [0.05, 0.1) is 19.3 Å². The highest BCUT2D eigenvalue weighted by atomic mass is 16.5. The molecule has 2 N–H and O–H groups in total. The molecule has 0 amide bonds. The summed E-state index contributed by atoms with van der Waals surface area (Å²) in [4.78, 5) is 2.28. The van der Waals surface area contributed by atoms with Gasteiger partial charge < -0.3 is 15.4 Å². The normalized spacial score (nSPS) is 10.6. The van der Waals surface area contributed by atoms with E-state index in [9.17, 15) is 0 Å². The largest absolute Gasteiger partial charge is 0.497 e. The minimum Gasteiger partial charge on any atom is -0.497 e. The van der Waals surface area contributed by atoms with Crippen LogP contribution in [0, 0.1) is 0 Å². The topological polar surface area (TPSA) is 56.3 Å². The molecule has 2 aromatic rings. The second-order valence-corrected chi connectivity index (χ2v) is 4.75. The van der Waals surface area contributed by atoms with E-state index in [0.717, 1.165) is 36.6 Å². The van der Waals surface area contributed by atoms with Crippen molar-refractivity contribution in [2.45, 2.75) is 13.0 Å². The van der Waals surface area contributed by atoms with Gasteiger partial charge in [-0.25, -0.2) is 0 Å². The van der Waals surface area contributed by atoms with Crippen molar-refractivity contribution in [1.82, 2.24) is 9.78 Å². The maximum atomic E-state index is 5.64. The van der Waals surface area contributed by atoms with E-state index in [1.165, 1.54) is 0 Å². The van der Waals surface area contributed by atoms with Gasteiger partial charge in [0.25, 0.3) is 0 Å². The molecule has 20 heavy (non-hydrogen) atoms. The molecule has 5 nitrogen and oxygen atoms in total. The first-order valence-electron chi connectivity index (χ1n) is 6.80. The van der Waals surface area contributed by atoms with Crippen molar-refractivity contribution in [3.05, 3.63) is 42.2 Å². The maximum Gasteiger partial charge on any atom is 0.120 e. The molecule has 1 aromatic carbocycles. The number of anilines is 1. The lowest BCUT2D eigenvalue weighted by molar-refractivity contribution is 0.414. The molecule has 0 saturated carbocycles. The van der Waals surface area contributed by atoms with Gasteiger partial charge in [-0.1, -0.05) is 6.07 Å². The molecule has 0 aliphatic rings. The first-order valence-corrected chi connectivity index (χ1v) is 6.80. The van der Waals surface area contributed by atoms with Gasteiger partial charge in [0.15, 0.2) is 0 Å². The lowest BCUT2D eigenvalue weighted by atomic mass is 10.2. The van der Waals surface area contributed by atoms with Crippen molar-refractivity contribution >= 4 is 5.69 Å². The highest BCUT2D eigenvalue weighted by molar-refractivity contribution is 5.50. The molecule has 0 saturated heterocycles. The molecule has 0 bridgehead atoms. The van der Waals surface area contributed by atoms with E-state index < -0.39 is 0 Å². The highest BCUT2D eigenvalue weighted by Crippen LogP contribution is 2.22. The minimum absolute atomic E-state index is 0.683. The summed E-state index contributed by atoms with van der Waals surface area (Å²) in [5.74, 6) is 0.862. The number of hydrogen-bond donors (Lipinski definition) is 1. The number of ether oxygens (including phenoxy) is 1. The van der Waals surface area contributed by atoms with Gasteiger partial charge in [0.2, 0.25) is 0 Å². The average molecular weight is 274 g/mol. The summed E-state index contributed by atoms with van der Waals surface area (Å²) in [6, 6.07) is 10.1. The molecule has 5 heteroatoms. The Balaban J connectivity index is 2.17. The Labute approximate surface area is 119 Å². The van der Waals surface area contributed by atoms with Crippen LogP contribution in [0.25, 0.3) is 0 Å². The number of hydrogen-bond acceptors (Lipinski definition) is 4. The smallest absolute Gasteiger partial charge is 0.120 e. The third-order valence-corrected chi connectivity index (χ3v) is 3.17. The van der Waals surface area contributed by atoms with Crippen molar-refractivity contribution in [1.29, 1.82) is 0 Å². The molecule has 108 valence electrons. The third kappa shape index (κ3) is 3.74. The van der Waals surface area contributed by atoms with E-state index in [1.807, 2.05) is 42.2 Å². The zero-order chi connectivity index (χ0) is 14.4. The number of rotatable bonds is 7. The van der Waals surface area contributed by atoms with Gasteiger partial charge in [0.1, 0.15) is 5.75 Å². The zero-order valence-corrected chi connectivity index (χ0v) is 12.1. The van der Waals surface area contributed by atoms with Gasteiger partial charge >= 0.3 is 0 Å². The van der Waals surface area contributed by atoms with Gasteiger partial charge in [-0.05, 0) is 31.2 Å². The molecular weight excluding hydrogens is 252 g/mol. The maximum absolute atomic E-state index is 5.64. The zero-order valence-electron chi connectivity index (χ0n) is 12.1. The van der Waals surface area contributed by atoms with Gasteiger partial charge in [-0.15, -0.1) is 0 Å². The van der Waals surface area contributed by atoms with Crippen molar-refractivity contribution in [2.24, 2.45) is 12.8 Å². The molecule has 0 spiro atoms. The Bertz CT molecular complexity index is 538. The average Bonchev–Trinajstić information content (AvgIpc) is 2.88. The number of aromatic nitrogens is 2. The van der Waals surface area contributed by atoms with Crippen LogP contribution in [0.5, 0.6) is 5.75 Å². The fraction of sp³-hybridized carbons (Fsp3) is 0.400. The standard InChI is InChI=1S/C15H22N4O/c1-18-10-7-13(17-18)12-19(9-4-8-16)14-5-3-6-15(11-14)20-2/h3,5-7,10-11H,4,8-9,12,16H2,1-2H3. The summed E-state index contributed by atoms with van der Waals surface area (Å²) in [5, 5.41) is 4.44. The predicted octanol–water partition coefficient (Wildman–Crippen LogP) is 1.78. The van der Waals surface area contributed by atoms with Crippen LogP contribution in [0.2, 0.25) is 0 Å². The van der Waals surface area contributed by atoms with Gasteiger partial charge in [-0.3, -0.25) is 4.68 Å². The molecule has 2 rings (SSSR count). The Morgan fingerprint density at radius 2 is 2.20 bits per heavy atom. The molecular formula is C15H22N4O. The van der Waals surface area contributed by atoms with Crippen LogP contribution in [0.3, 0.4) is 0 Å². The van der Waals surface area contributed by atoms with Crippen molar-refractivity contribution in [3.63, 3.8) is 0 Å². The molecule has 0 atom stereocenters. The number of nitrogens with two attached hydrogens (primary N) is 1. The Morgan fingerprint density at radius 1 is 1.35 bits per heavy atom. The number of methoxy groups -OCH3 is 1. The van der Waals surface area contributed by atoms with Crippen LogP contribution in [0.15, 0.2) is 36.5 Å². The van der Waals surface area contributed by atoms with E-state index in [1.54, 1.807) is 7.11 Å². The van der Waals surface area contributed by atoms with Crippen LogP contribution >= 0.6 is 0 Å². The Hall–Kier alpha value is -2.01. The number of nitrogens with zero attached hydrogens (tertiary/aromatic N) is 3. The van der Waals surface area contributed by atoms with Crippen LogP contribution in [0.1, 0.15) is 12.1 Å². The molecule has 0 unspecified atom stereocenters. The van der Waals surface area contributed by atoms with Crippen molar-refractivity contribution in [3.8, 4) is 5.75 Å². The van der Waals surface area contributed by atoms with E-state index >= 15 is 0 Å². The van der Waals surface area contributed by atoms with E-state index in [4.69, 9.17) is 10.5 Å². The molecule has 1 heterocycles. The summed E-state index contributed by atoms with van der Waals surface area (Å²) in [6.45, 7) is 2.36. The van der Waals surface area contributed by atoms with E-state index in [0.29, 0.717) is 6.54 Å². The molecule has 0 aliphatic carbocycles. The van der Waals surface area contributed by atoms with Crippen LogP contribution in [0.4, 0.5) is 5.69 Å². The minimum atomic E-state index is 0.683. The fourth-order valence-electron chi connectivity index (χ4n) is 2.13. The SMILES string of the molecule is COc1cccc(N(CCCN)Cc2ccn(C)n2)c1. The summed E-state index contributed by atoms with van der Waals surface area (Å²) >= 11 is 0. The fourth-order valence-corrected chi connectivity index (χ4v) is 2.13. The van der Waals surface area contributed by atoms with E-state index in [-0.39, 0.29) is 0 Å². The Kier molecular flexibility index (Phi) is 5.01. The Morgan fingerprint density at radius 3 is 2.85 bits per heavy atom.